The van der Waals surface area contributed by atoms with Gasteiger partial charge in [-0.3, -0.25) is 19.4 Å². The number of methoxy groups -OCH3 is 2. The first-order valence-corrected chi connectivity index (χ1v) is 9.03. The second-order valence-corrected chi connectivity index (χ2v) is 6.38. The molecule has 2 heterocycles. The predicted octanol–water partition coefficient (Wildman–Crippen LogP) is 1.27. The van der Waals surface area contributed by atoms with Crippen molar-refractivity contribution in [3.05, 3.63) is 47.8 Å². The van der Waals surface area contributed by atoms with Gasteiger partial charge in [0, 0.05) is 44.0 Å². The minimum atomic E-state index is -0.475. The first-order chi connectivity index (χ1) is 14.0. The molecule has 1 aromatic carbocycles. The molecule has 9 heteroatoms. The molecule has 0 unspecified atom stereocenters. The third kappa shape index (κ3) is 4.63. The molecular formula is C20H22N4O5. The third-order valence-electron chi connectivity index (χ3n) is 4.64. The molecule has 0 spiro atoms. The Kier molecular flexibility index (Phi) is 6.28. The number of nitrogens with one attached hydrogen (secondary N) is 1. The molecule has 0 saturated carbocycles. The van der Waals surface area contributed by atoms with Gasteiger partial charge in [0.05, 0.1) is 19.9 Å². The number of hydrogen-bond donors (Lipinski definition) is 1. The lowest BCUT2D eigenvalue weighted by atomic mass is 10.1. The first-order valence-electron chi connectivity index (χ1n) is 9.03. The monoisotopic (exact) mass is 398 g/mol. The number of rotatable bonds is 6. The van der Waals surface area contributed by atoms with E-state index in [0.29, 0.717) is 48.9 Å². The van der Waals surface area contributed by atoms with Crippen LogP contribution in [0.1, 0.15) is 20.8 Å². The maximum absolute atomic E-state index is 12.7. The Morgan fingerprint density at radius 1 is 1.07 bits per heavy atom. The minimum Gasteiger partial charge on any atom is -0.497 e. The van der Waals surface area contributed by atoms with Crippen LogP contribution in [0.3, 0.4) is 0 Å². The lowest BCUT2D eigenvalue weighted by molar-refractivity contribution is -0.119. The fraction of sp³-hybridized carbons (Fsp3) is 0.300. The van der Waals surface area contributed by atoms with E-state index < -0.39 is 5.91 Å². The normalized spacial score (nSPS) is 13.6. The number of piperazine rings is 1. The molecule has 1 aliphatic rings. The van der Waals surface area contributed by atoms with Crippen molar-refractivity contribution in [2.45, 2.75) is 0 Å². The molecule has 3 rings (SSSR count). The van der Waals surface area contributed by atoms with Gasteiger partial charge in [0.1, 0.15) is 17.2 Å². The van der Waals surface area contributed by atoms with Crippen molar-refractivity contribution in [3.8, 4) is 11.5 Å². The van der Waals surface area contributed by atoms with Gasteiger partial charge in [-0.05, 0) is 24.3 Å². The lowest BCUT2D eigenvalue weighted by Crippen LogP contribution is -2.48. The van der Waals surface area contributed by atoms with E-state index in [1.807, 2.05) is 0 Å². The summed E-state index contributed by atoms with van der Waals surface area (Å²) in [6, 6.07) is 8.06. The highest BCUT2D eigenvalue weighted by molar-refractivity contribution is 6.05. The number of nitrogens with zero attached hydrogens (tertiary/aromatic N) is 3. The zero-order chi connectivity index (χ0) is 20.8. The zero-order valence-electron chi connectivity index (χ0n) is 16.3. The molecule has 29 heavy (non-hydrogen) atoms. The van der Waals surface area contributed by atoms with Crippen molar-refractivity contribution in [1.82, 2.24) is 14.8 Å². The Balaban J connectivity index is 1.75. The first kappa shape index (κ1) is 20.1. The van der Waals surface area contributed by atoms with Crippen LogP contribution in [0.5, 0.6) is 11.5 Å². The summed E-state index contributed by atoms with van der Waals surface area (Å²) in [5, 5.41) is 2.73. The molecular weight excluding hydrogens is 376 g/mol. The highest BCUT2D eigenvalue weighted by Crippen LogP contribution is 2.29. The number of benzene rings is 1. The molecule has 0 aliphatic carbocycles. The molecule has 1 aromatic heterocycles. The van der Waals surface area contributed by atoms with E-state index in [0.717, 1.165) is 6.41 Å². The van der Waals surface area contributed by atoms with Gasteiger partial charge in [0.25, 0.3) is 11.8 Å². The van der Waals surface area contributed by atoms with Gasteiger partial charge < -0.3 is 24.6 Å². The van der Waals surface area contributed by atoms with Crippen LogP contribution in [0, 0.1) is 0 Å². The number of amides is 3. The van der Waals surface area contributed by atoms with E-state index in [-0.39, 0.29) is 11.6 Å². The van der Waals surface area contributed by atoms with E-state index in [2.05, 4.69) is 10.3 Å². The van der Waals surface area contributed by atoms with Crippen LogP contribution in [0.15, 0.2) is 36.5 Å². The summed E-state index contributed by atoms with van der Waals surface area (Å²) < 4.78 is 10.4. The van der Waals surface area contributed by atoms with Crippen molar-refractivity contribution in [2.75, 3.05) is 45.7 Å². The summed E-state index contributed by atoms with van der Waals surface area (Å²) in [4.78, 5) is 43.6. The fourth-order valence-corrected chi connectivity index (χ4v) is 3.00. The molecule has 1 aliphatic heterocycles. The van der Waals surface area contributed by atoms with Crippen molar-refractivity contribution in [2.24, 2.45) is 0 Å². The maximum atomic E-state index is 12.7. The Morgan fingerprint density at radius 2 is 1.83 bits per heavy atom. The number of pyridine rings is 1. The van der Waals surface area contributed by atoms with Crippen molar-refractivity contribution < 1.29 is 23.9 Å². The summed E-state index contributed by atoms with van der Waals surface area (Å²) in [5.74, 6) is 0.356. The highest BCUT2D eigenvalue weighted by atomic mass is 16.5. The Morgan fingerprint density at radius 3 is 2.48 bits per heavy atom. The van der Waals surface area contributed by atoms with E-state index in [1.165, 1.54) is 26.5 Å². The SMILES string of the molecule is COc1ccc(OC)c(NC(=O)c2cc(C(=O)N3CCN(C=O)CC3)ccn2)c1. The second kappa shape index (κ2) is 9.05. The van der Waals surface area contributed by atoms with Gasteiger partial charge in [-0.15, -0.1) is 0 Å². The Labute approximate surface area is 168 Å². The maximum Gasteiger partial charge on any atom is 0.274 e. The van der Waals surface area contributed by atoms with Crippen molar-refractivity contribution in [3.63, 3.8) is 0 Å². The average molecular weight is 398 g/mol. The summed E-state index contributed by atoms with van der Waals surface area (Å²) in [6.07, 6.45) is 2.20. The molecule has 152 valence electrons. The van der Waals surface area contributed by atoms with Crippen LogP contribution in [0.25, 0.3) is 0 Å². The quantitative estimate of drug-likeness (QED) is 0.736. The van der Waals surface area contributed by atoms with Crippen LogP contribution < -0.4 is 14.8 Å². The molecule has 1 fully saturated rings. The molecule has 3 amide bonds. The Hall–Kier alpha value is -3.62. The topological polar surface area (TPSA) is 101 Å². The summed E-state index contributed by atoms with van der Waals surface area (Å²) >= 11 is 0. The largest absolute Gasteiger partial charge is 0.497 e. The summed E-state index contributed by atoms with van der Waals surface area (Å²) in [6.45, 7) is 1.87. The van der Waals surface area contributed by atoms with Crippen LogP contribution in [0.4, 0.5) is 5.69 Å². The van der Waals surface area contributed by atoms with E-state index in [1.54, 1.807) is 34.1 Å². The molecule has 0 radical (unpaired) electrons. The standard InChI is InChI=1S/C20H22N4O5/c1-28-15-3-4-18(29-2)16(12-15)22-19(26)17-11-14(5-6-21-17)20(27)24-9-7-23(13-25)8-10-24/h3-6,11-13H,7-10H2,1-2H3,(H,22,26). The summed E-state index contributed by atoms with van der Waals surface area (Å²) in [7, 11) is 3.03. The molecule has 0 bridgehead atoms. The highest BCUT2D eigenvalue weighted by Gasteiger charge is 2.22. The van der Waals surface area contributed by atoms with E-state index in [9.17, 15) is 14.4 Å². The Bertz CT molecular complexity index is 909. The third-order valence-corrected chi connectivity index (χ3v) is 4.64. The lowest BCUT2D eigenvalue weighted by Gasteiger charge is -2.32. The molecule has 0 atom stereocenters. The number of carbonyl (C=O) groups excluding carboxylic acids is 3. The van der Waals surface area contributed by atoms with Crippen molar-refractivity contribution in [1.29, 1.82) is 0 Å². The minimum absolute atomic E-state index is 0.104. The zero-order valence-corrected chi connectivity index (χ0v) is 16.3. The van der Waals surface area contributed by atoms with E-state index in [4.69, 9.17) is 9.47 Å². The smallest absolute Gasteiger partial charge is 0.274 e. The number of ether oxygens (including phenoxy) is 2. The van der Waals surface area contributed by atoms with Crippen LogP contribution in [-0.4, -0.2) is 73.4 Å². The van der Waals surface area contributed by atoms with Crippen LogP contribution in [-0.2, 0) is 4.79 Å². The average Bonchev–Trinajstić information content (AvgIpc) is 2.78. The van der Waals surface area contributed by atoms with Gasteiger partial charge in [-0.25, -0.2) is 0 Å². The number of aromatic nitrogens is 1. The van der Waals surface area contributed by atoms with E-state index >= 15 is 0 Å². The van der Waals surface area contributed by atoms with Gasteiger partial charge >= 0.3 is 0 Å². The summed E-state index contributed by atoms with van der Waals surface area (Å²) in [5.41, 5.74) is 0.898. The van der Waals surface area contributed by atoms with Gasteiger partial charge in [0.2, 0.25) is 6.41 Å². The van der Waals surface area contributed by atoms with Crippen LogP contribution in [0.2, 0.25) is 0 Å². The number of anilines is 1. The number of hydrogen-bond acceptors (Lipinski definition) is 6. The fourth-order valence-electron chi connectivity index (χ4n) is 3.00. The van der Waals surface area contributed by atoms with Crippen molar-refractivity contribution >= 4 is 23.9 Å². The van der Waals surface area contributed by atoms with Gasteiger partial charge in [-0.1, -0.05) is 0 Å². The van der Waals surface area contributed by atoms with Gasteiger partial charge in [-0.2, -0.15) is 0 Å². The van der Waals surface area contributed by atoms with Gasteiger partial charge in [0.15, 0.2) is 0 Å². The molecule has 1 saturated heterocycles. The predicted molar refractivity (Wildman–Crippen MR) is 105 cm³/mol. The molecule has 2 aromatic rings. The molecule has 9 nitrogen and oxygen atoms in total. The number of carbonyl (C=O) groups is 3. The molecule has 1 N–H and O–H groups in total. The van der Waals surface area contributed by atoms with Crippen LogP contribution >= 0.6 is 0 Å². The second-order valence-electron chi connectivity index (χ2n) is 6.38.